The van der Waals surface area contributed by atoms with Crippen LogP contribution in [0.25, 0.3) is 0 Å². The van der Waals surface area contributed by atoms with Crippen molar-refractivity contribution in [2.24, 2.45) is 11.8 Å². The minimum absolute atomic E-state index is 0.0331. The summed E-state index contributed by atoms with van der Waals surface area (Å²) in [5.41, 5.74) is 1.36. The zero-order valence-electron chi connectivity index (χ0n) is 21.2. The molecule has 1 amide bonds. The summed E-state index contributed by atoms with van der Waals surface area (Å²) >= 11 is 0. The van der Waals surface area contributed by atoms with Gasteiger partial charge in [-0.05, 0) is 80.2 Å². The molecule has 9 heteroatoms. The highest BCUT2D eigenvalue weighted by Crippen LogP contribution is 2.34. The van der Waals surface area contributed by atoms with Crippen LogP contribution in [0.5, 0.6) is 5.75 Å². The van der Waals surface area contributed by atoms with Gasteiger partial charge in [-0.2, -0.15) is 0 Å². The van der Waals surface area contributed by atoms with E-state index in [2.05, 4.69) is 20.6 Å². The Labute approximate surface area is 216 Å². The van der Waals surface area contributed by atoms with E-state index in [0.29, 0.717) is 36.7 Å². The highest BCUT2D eigenvalue weighted by molar-refractivity contribution is 5.94. The van der Waals surface area contributed by atoms with E-state index in [9.17, 15) is 14.3 Å². The molecular weight excluding hydrogens is 473 g/mol. The Morgan fingerprint density at radius 2 is 2.14 bits per heavy atom. The summed E-state index contributed by atoms with van der Waals surface area (Å²) in [6.07, 6.45) is 10.1. The zero-order valence-corrected chi connectivity index (χ0v) is 21.2. The number of fused-ring (bicyclic) bond motifs is 1. The third kappa shape index (κ3) is 5.98. The monoisotopic (exact) mass is 507 g/mol. The molecule has 5 rings (SSSR count). The van der Waals surface area contributed by atoms with E-state index in [1.54, 1.807) is 29.2 Å². The van der Waals surface area contributed by atoms with Crippen molar-refractivity contribution in [3.63, 3.8) is 0 Å². The molecular formula is C28H34FN5O3. The number of ether oxygens (including phenoxy) is 1. The Hall–Kier alpha value is -3.33. The van der Waals surface area contributed by atoms with Gasteiger partial charge in [0.05, 0.1) is 25.0 Å². The highest BCUT2D eigenvalue weighted by Gasteiger charge is 2.31. The second-order valence-corrected chi connectivity index (χ2v) is 10.3. The molecule has 1 aliphatic carbocycles. The van der Waals surface area contributed by atoms with Crippen LogP contribution in [0.1, 0.15) is 62.3 Å². The van der Waals surface area contributed by atoms with Crippen LogP contribution in [0.4, 0.5) is 10.2 Å². The number of unbranched alkanes of at least 4 members (excludes halogenated alkanes) is 1. The number of aliphatic hydroxyl groups is 1. The minimum atomic E-state index is -1.24. The molecule has 196 valence electrons. The fourth-order valence-electron chi connectivity index (χ4n) is 4.88. The van der Waals surface area contributed by atoms with E-state index < -0.39 is 11.4 Å². The van der Waals surface area contributed by atoms with E-state index in [4.69, 9.17) is 4.74 Å². The lowest BCUT2D eigenvalue weighted by Gasteiger charge is -2.28. The average Bonchev–Trinajstić information content (AvgIpc) is 3.64. The summed E-state index contributed by atoms with van der Waals surface area (Å²) < 4.78 is 21.7. The number of nitrogens with one attached hydrogen (secondary N) is 1. The number of pyridine rings is 1. The molecule has 2 aromatic heterocycles. The van der Waals surface area contributed by atoms with E-state index in [-0.39, 0.29) is 24.1 Å². The van der Waals surface area contributed by atoms with Crippen LogP contribution in [0.2, 0.25) is 0 Å². The fourth-order valence-corrected chi connectivity index (χ4v) is 4.88. The molecule has 0 spiro atoms. The molecule has 2 N–H and O–H groups in total. The average molecular weight is 508 g/mol. The van der Waals surface area contributed by atoms with Crippen LogP contribution in [-0.2, 0) is 29.8 Å². The number of nitrogens with zero attached hydrogens (tertiary/aromatic N) is 4. The Kier molecular flexibility index (Phi) is 7.50. The van der Waals surface area contributed by atoms with Gasteiger partial charge in [-0.15, -0.1) is 5.10 Å². The molecule has 8 nitrogen and oxygen atoms in total. The molecule has 1 aromatic carbocycles. The zero-order chi connectivity index (χ0) is 25.8. The Morgan fingerprint density at radius 3 is 2.95 bits per heavy atom. The van der Waals surface area contributed by atoms with Gasteiger partial charge >= 0.3 is 0 Å². The first-order chi connectivity index (χ1) is 17.9. The fraction of sp³-hybridized carbons (Fsp3) is 0.500. The Bertz CT molecular complexity index is 1240. The second kappa shape index (κ2) is 11.0. The van der Waals surface area contributed by atoms with Gasteiger partial charge in [0.25, 0.3) is 0 Å². The molecule has 3 aromatic rings. The summed E-state index contributed by atoms with van der Waals surface area (Å²) in [5, 5.41) is 22.7. The van der Waals surface area contributed by atoms with E-state index in [1.165, 1.54) is 6.07 Å². The van der Waals surface area contributed by atoms with E-state index in [0.717, 1.165) is 49.8 Å². The van der Waals surface area contributed by atoms with E-state index in [1.807, 2.05) is 19.1 Å². The predicted octanol–water partition coefficient (Wildman–Crippen LogP) is 4.42. The van der Waals surface area contributed by atoms with Crippen molar-refractivity contribution < 1.29 is 19.0 Å². The lowest BCUT2D eigenvalue weighted by Crippen LogP contribution is -2.32. The molecule has 0 bridgehead atoms. The summed E-state index contributed by atoms with van der Waals surface area (Å²) in [7, 11) is 0. The number of hydrogen-bond acceptors (Lipinski definition) is 6. The molecule has 0 radical (unpaired) electrons. The van der Waals surface area contributed by atoms with Crippen molar-refractivity contribution in [1.29, 1.82) is 0 Å². The van der Waals surface area contributed by atoms with E-state index >= 15 is 0 Å². The normalized spacial score (nSPS) is 18.7. The van der Waals surface area contributed by atoms with Crippen molar-refractivity contribution in [2.75, 3.05) is 11.9 Å². The molecule has 2 unspecified atom stereocenters. The Balaban J connectivity index is 1.18. The molecule has 37 heavy (non-hydrogen) atoms. The summed E-state index contributed by atoms with van der Waals surface area (Å²) in [6, 6.07) is 8.49. The molecule has 1 saturated carbocycles. The van der Waals surface area contributed by atoms with Crippen molar-refractivity contribution >= 4 is 11.7 Å². The van der Waals surface area contributed by atoms with Gasteiger partial charge in [-0.1, -0.05) is 30.7 Å². The number of anilines is 1. The summed E-state index contributed by atoms with van der Waals surface area (Å²) in [4.78, 5) is 16.7. The first-order valence-corrected chi connectivity index (χ1v) is 13.2. The second-order valence-electron chi connectivity index (χ2n) is 10.3. The van der Waals surface area contributed by atoms with Crippen LogP contribution >= 0.6 is 0 Å². The first kappa shape index (κ1) is 25.3. The van der Waals surface area contributed by atoms with Crippen molar-refractivity contribution in [1.82, 2.24) is 20.0 Å². The number of carbonyl (C=O) groups is 1. The molecule has 1 fully saturated rings. The molecule has 3 heterocycles. The van der Waals surface area contributed by atoms with Crippen LogP contribution in [0.15, 0.2) is 42.7 Å². The lowest BCUT2D eigenvalue weighted by atomic mass is 9.90. The number of benzene rings is 1. The molecule has 1 aliphatic heterocycles. The van der Waals surface area contributed by atoms with Gasteiger partial charge in [-0.3, -0.25) is 4.79 Å². The third-order valence-electron chi connectivity index (χ3n) is 7.54. The van der Waals surface area contributed by atoms with Gasteiger partial charge in [0, 0.05) is 12.1 Å². The largest absolute Gasteiger partial charge is 0.490 e. The van der Waals surface area contributed by atoms with Gasteiger partial charge < -0.3 is 15.2 Å². The highest BCUT2D eigenvalue weighted by atomic mass is 19.1. The van der Waals surface area contributed by atoms with Gasteiger partial charge in [0.2, 0.25) is 5.91 Å². The molecule has 2 aliphatic rings. The smallest absolute Gasteiger partial charge is 0.228 e. The maximum atomic E-state index is 14.3. The van der Waals surface area contributed by atoms with Gasteiger partial charge in [0.15, 0.2) is 11.6 Å². The number of halogens is 1. The number of hydrogen-bond donors (Lipinski definition) is 2. The maximum absolute atomic E-state index is 14.3. The third-order valence-corrected chi connectivity index (χ3v) is 7.54. The topological polar surface area (TPSA) is 102 Å². The quantitative estimate of drug-likeness (QED) is 0.352. The van der Waals surface area contributed by atoms with Crippen LogP contribution < -0.4 is 10.1 Å². The summed E-state index contributed by atoms with van der Waals surface area (Å²) in [6.45, 7) is 2.61. The molecule has 2 atom stereocenters. The minimum Gasteiger partial charge on any atom is -0.490 e. The number of carbonyl (C=O) groups excluding carboxylic acids is 1. The van der Waals surface area contributed by atoms with Crippen molar-refractivity contribution in [3.05, 3.63) is 65.4 Å². The van der Waals surface area contributed by atoms with Gasteiger partial charge in [0.1, 0.15) is 11.4 Å². The van der Waals surface area contributed by atoms with Crippen LogP contribution in [0, 0.1) is 17.7 Å². The predicted molar refractivity (Wildman–Crippen MR) is 136 cm³/mol. The number of amides is 1. The van der Waals surface area contributed by atoms with Crippen LogP contribution in [-0.4, -0.2) is 37.6 Å². The number of rotatable bonds is 12. The Morgan fingerprint density at radius 1 is 1.27 bits per heavy atom. The van der Waals surface area contributed by atoms with Crippen LogP contribution in [0.3, 0.4) is 0 Å². The van der Waals surface area contributed by atoms with Crippen molar-refractivity contribution in [2.45, 2.75) is 70.4 Å². The van der Waals surface area contributed by atoms with Crippen molar-refractivity contribution in [3.8, 4) is 5.75 Å². The standard InChI is InChI=1S/C28H34FN5O3/c1-2-28(36,22-11-12-24(29)25(15-22)37-17-19-9-10-19)18-34-23(16-31-33-34)8-4-3-6-21-14-20-7-5-13-30-26(20)32-27(21)35/h5,7,11-13,15-16,19,21,36H,2-4,6,8-10,14,17-18H2,1H3,(H,30,32,35). The number of aromatic nitrogens is 4. The SMILES string of the molecule is CCC(O)(Cn1nncc1CCCCC1Cc2cccnc2NC1=O)c1ccc(F)c(OCC2CC2)c1. The first-order valence-electron chi connectivity index (χ1n) is 13.2. The van der Waals surface area contributed by atoms with Gasteiger partial charge in [-0.25, -0.2) is 14.1 Å². The molecule has 0 saturated heterocycles. The lowest BCUT2D eigenvalue weighted by molar-refractivity contribution is -0.120. The summed E-state index contributed by atoms with van der Waals surface area (Å²) in [5.74, 6) is 0.914. The number of aryl methyl sites for hydroxylation is 1. The maximum Gasteiger partial charge on any atom is 0.228 e.